The maximum atomic E-state index is 4.38. The highest BCUT2D eigenvalue weighted by Crippen LogP contribution is 2.33. The zero-order valence-corrected chi connectivity index (χ0v) is 27.7. The van der Waals surface area contributed by atoms with E-state index >= 15 is 0 Å². The summed E-state index contributed by atoms with van der Waals surface area (Å²) in [6.07, 6.45) is 10.9. The summed E-state index contributed by atoms with van der Waals surface area (Å²) in [7, 11) is 0. The number of nitrogens with zero attached hydrogens (tertiary/aromatic N) is 5. The Balaban J connectivity index is 0.000000859. The minimum Gasteiger partial charge on any atom is -0.309 e. The number of hydrogen-bond donors (Lipinski definition) is 0. The van der Waals surface area contributed by atoms with E-state index < -0.39 is 0 Å². The Morgan fingerprint density at radius 1 is 0.460 bits per heavy atom. The monoisotopic (exact) mass is 645 g/mol. The maximum absolute atomic E-state index is 4.38. The molecule has 4 aromatic heterocycles. The van der Waals surface area contributed by atoms with Gasteiger partial charge in [0.25, 0.3) is 0 Å². The fraction of sp³-hybridized carbons (Fsp3) is 0.0444. The van der Waals surface area contributed by atoms with Crippen LogP contribution in [0.2, 0.25) is 0 Å². The van der Waals surface area contributed by atoms with Gasteiger partial charge in [0, 0.05) is 63.9 Å². The van der Waals surface area contributed by atoms with Crippen molar-refractivity contribution in [1.29, 1.82) is 0 Å². The number of benzene rings is 5. The van der Waals surface area contributed by atoms with E-state index in [-0.39, 0.29) is 0 Å². The van der Waals surface area contributed by atoms with Crippen molar-refractivity contribution < 1.29 is 0 Å². The van der Waals surface area contributed by atoms with Gasteiger partial charge in [-0.25, -0.2) is 0 Å². The summed E-state index contributed by atoms with van der Waals surface area (Å²) < 4.78 is 4.66. The molecule has 5 nitrogen and oxygen atoms in total. The standard InChI is InChI=1S/C42H30N4.C3H5N/c1-3-7-39-35(5-1)37-27-43-23-21-41(37)45(39)33-17-13-31(14-18-33)25-29-9-11-30(12-10-29)26-32-15-19-34(20-16-32)46-40-8-4-2-6-36(40)38-28-44-24-22-42(38)46;1-3-4-2/h1-24,27-28H,25-26H2;3H,1-2H2. The van der Waals surface area contributed by atoms with E-state index in [1.54, 1.807) is 0 Å². The fourth-order valence-corrected chi connectivity index (χ4v) is 6.96. The molecule has 0 atom stereocenters. The van der Waals surface area contributed by atoms with E-state index in [0.29, 0.717) is 0 Å². The minimum atomic E-state index is 0.903. The van der Waals surface area contributed by atoms with Gasteiger partial charge in [-0.2, -0.15) is 0 Å². The highest BCUT2D eigenvalue weighted by molar-refractivity contribution is 6.09. The van der Waals surface area contributed by atoms with Crippen LogP contribution in [0.3, 0.4) is 0 Å². The molecule has 5 heteroatoms. The van der Waals surface area contributed by atoms with Gasteiger partial charge in [-0.05, 0) is 90.3 Å². The van der Waals surface area contributed by atoms with Crippen LogP contribution >= 0.6 is 0 Å². The predicted octanol–water partition coefficient (Wildman–Crippen LogP) is 10.7. The zero-order valence-electron chi connectivity index (χ0n) is 27.7. The Morgan fingerprint density at radius 2 is 0.800 bits per heavy atom. The molecule has 0 saturated carbocycles. The van der Waals surface area contributed by atoms with E-state index in [0.717, 1.165) is 24.2 Å². The van der Waals surface area contributed by atoms with Gasteiger partial charge in [-0.3, -0.25) is 15.0 Å². The molecule has 240 valence electrons. The number of aliphatic imine (C=N–C) groups is 1. The first-order chi connectivity index (χ1) is 24.7. The third kappa shape index (κ3) is 5.75. The average Bonchev–Trinajstić information content (AvgIpc) is 3.70. The zero-order chi connectivity index (χ0) is 33.9. The summed E-state index contributed by atoms with van der Waals surface area (Å²) >= 11 is 0. The Bertz CT molecular complexity index is 2320. The molecule has 9 aromatic rings. The molecule has 50 heavy (non-hydrogen) atoms. The molecular weight excluding hydrogens is 611 g/mol. The molecule has 0 fully saturated rings. The number of aromatic nitrogens is 4. The molecule has 0 bridgehead atoms. The lowest BCUT2D eigenvalue weighted by Gasteiger charge is -2.10. The normalized spacial score (nSPS) is 11.1. The van der Waals surface area contributed by atoms with Crippen molar-refractivity contribution in [2.45, 2.75) is 12.8 Å². The van der Waals surface area contributed by atoms with E-state index in [4.69, 9.17) is 0 Å². The van der Waals surface area contributed by atoms with E-state index in [9.17, 15) is 0 Å². The summed E-state index contributed by atoms with van der Waals surface area (Å²) in [4.78, 5) is 12.0. The summed E-state index contributed by atoms with van der Waals surface area (Å²) in [6.45, 7) is 6.36. The molecule has 0 aliphatic heterocycles. The Hall–Kier alpha value is -6.59. The van der Waals surface area contributed by atoms with Crippen LogP contribution in [0.25, 0.3) is 55.0 Å². The van der Waals surface area contributed by atoms with Gasteiger partial charge in [0.1, 0.15) is 0 Å². The van der Waals surface area contributed by atoms with Gasteiger partial charge in [-0.1, -0.05) is 91.5 Å². The first-order valence-corrected chi connectivity index (χ1v) is 16.7. The number of pyridine rings is 2. The van der Waals surface area contributed by atoms with Crippen molar-refractivity contribution in [2.75, 3.05) is 0 Å². The predicted molar refractivity (Wildman–Crippen MR) is 209 cm³/mol. The molecule has 0 N–H and O–H groups in total. The molecular formula is C45H35N5. The quantitative estimate of drug-likeness (QED) is 0.162. The first kappa shape index (κ1) is 30.7. The van der Waals surface area contributed by atoms with Crippen molar-refractivity contribution in [3.8, 4) is 11.4 Å². The second kappa shape index (κ2) is 13.5. The average molecular weight is 646 g/mol. The van der Waals surface area contributed by atoms with Crippen LogP contribution < -0.4 is 0 Å². The van der Waals surface area contributed by atoms with Gasteiger partial charge < -0.3 is 9.13 Å². The van der Waals surface area contributed by atoms with Crippen LogP contribution in [0.1, 0.15) is 22.3 Å². The highest BCUT2D eigenvalue weighted by atomic mass is 15.0. The summed E-state index contributed by atoms with van der Waals surface area (Å²) in [5, 5.41) is 4.82. The molecule has 0 amide bonds. The van der Waals surface area contributed by atoms with Crippen molar-refractivity contribution in [1.82, 2.24) is 19.1 Å². The number of hydrogen-bond acceptors (Lipinski definition) is 3. The van der Waals surface area contributed by atoms with Gasteiger partial charge in [-0.15, -0.1) is 0 Å². The van der Waals surface area contributed by atoms with Crippen LogP contribution in [0.5, 0.6) is 0 Å². The Labute approximate surface area is 291 Å². The van der Waals surface area contributed by atoms with Crippen molar-refractivity contribution in [2.24, 2.45) is 4.99 Å². The highest BCUT2D eigenvalue weighted by Gasteiger charge is 2.13. The molecule has 4 heterocycles. The Morgan fingerprint density at radius 3 is 1.18 bits per heavy atom. The smallest absolute Gasteiger partial charge is 0.0571 e. The Kier molecular flexibility index (Phi) is 8.29. The van der Waals surface area contributed by atoms with Gasteiger partial charge in [0.05, 0.1) is 22.1 Å². The first-order valence-electron chi connectivity index (χ1n) is 16.7. The summed E-state index contributed by atoms with van der Waals surface area (Å²) in [6, 6.07) is 48.3. The van der Waals surface area contributed by atoms with E-state index in [2.05, 4.69) is 171 Å². The molecule has 0 radical (unpaired) electrons. The number of para-hydroxylation sites is 2. The number of fused-ring (bicyclic) bond motifs is 6. The molecule has 9 rings (SSSR count). The lowest BCUT2D eigenvalue weighted by molar-refractivity contribution is 1.13. The SMILES string of the molecule is C=CN=C.c1ccc2c(c1)c1cnccc1n2-c1ccc(Cc2ccc(Cc3ccc(-n4c5ccccc5c5cnccc54)cc3)cc2)cc1. The van der Waals surface area contributed by atoms with E-state index in [1.807, 2.05) is 24.8 Å². The van der Waals surface area contributed by atoms with Crippen LogP contribution in [-0.4, -0.2) is 25.8 Å². The third-order valence-corrected chi connectivity index (χ3v) is 9.31. The molecule has 5 aromatic carbocycles. The van der Waals surface area contributed by atoms with E-state index in [1.165, 1.54) is 72.1 Å². The summed E-state index contributed by atoms with van der Waals surface area (Å²) in [5.41, 5.74) is 12.3. The maximum Gasteiger partial charge on any atom is 0.0571 e. The minimum absolute atomic E-state index is 0.903. The largest absolute Gasteiger partial charge is 0.309 e. The molecule has 0 spiro atoms. The molecule has 0 unspecified atom stereocenters. The van der Waals surface area contributed by atoms with Gasteiger partial charge in [0.15, 0.2) is 0 Å². The van der Waals surface area contributed by atoms with Crippen LogP contribution in [-0.2, 0) is 12.8 Å². The van der Waals surface area contributed by atoms with Crippen LogP contribution in [0.4, 0.5) is 0 Å². The lowest BCUT2D eigenvalue weighted by atomic mass is 10.00. The molecule has 0 aliphatic carbocycles. The second-order valence-corrected chi connectivity index (χ2v) is 12.4. The van der Waals surface area contributed by atoms with Crippen molar-refractivity contribution >= 4 is 50.3 Å². The van der Waals surface area contributed by atoms with Gasteiger partial charge in [0.2, 0.25) is 0 Å². The van der Waals surface area contributed by atoms with Crippen LogP contribution in [0.15, 0.2) is 176 Å². The second-order valence-electron chi connectivity index (χ2n) is 12.4. The fourth-order valence-electron chi connectivity index (χ4n) is 6.96. The third-order valence-electron chi connectivity index (χ3n) is 9.31. The molecule has 0 saturated heterocycles. The lowest BCUT2D eigenvalue weighted by Crippen LogP contribution is -1.96. The van der Waals surface area contributed by atoms with Gasteiger partial charge >= 0.3 is 0 Å². The van der Waals surface area contributed by atoms with Crippen molar-refractivity contribution in [3.63, 3.8) is 0 Å². The van der Waals surface area contributed by atoms with Crippen LogP contribution in [0, 0.1) is 0 Å². The van der Waals surface area contributed by atoms with Crippen molar-refractivity contribution in [3.05, 3.63) is 193 Å². The number of rotatable bonds is 7. The molecule has 0 aliphatic rings. The summed E-state index contributed by atoms with van der Waals surface area (Å²) in [5.74, 6) is 0. The topological polar surface area (TPSA) is 48.0 Å².